The Hall–Kier alpha value is -5.19. The molecule has 23 heteroatoms. The van der Waals surface area contributed by atoms with Crippen LogP contribution in [0.2, 0.25) is 38.3 Å². The topological polar surface area (TPSA) is 225 Å². The normalized spacial score (nSPS) is 11.8. The molecule has 75 heavy (non-hydrogen) atoms. The van der Waals surface area contributed by atoms with Crippen LogP contribution in [0.1, 0.15) is 12.8 Å². The van der Waals surface area contributed by atoms with Gasteiger partial charge in [0, 0.05) is 20.8 Å². The van der Waals surface area contributed by atoms with Gasteiger partial charge < -0.3 is 34.1 Å². The molecule has 0 aliphatic rings. The number of amides is 1. The summed E-state index contributed by atoms with van der Waals surface area (Å²) in [4.78, 5) is 28.3. The highest BCUT2D eigenvalue weighted by molar-refractivity contribution is 7.97. The molecule has 0 heterocycles. The average Bonchev–Trinajstić information content (AvgIpc) is 3.39. The fraction of sp³-hybridized carbons (Fsp3) is 0.269. The highest BCUT2D eigenvalue weighted by atomic mass is 32.2. The molecule has 6 aromatic carbocycles. The van der Waals surface area contributed by atoms with Crippen molar-refractivity contribution < 1.29 is 67.1 Å². The van der Waals surface area contributed by atoms with Crippen LogP contribution in [0.3, 0.4) is 0 Å². The van der Waals surface area contributed by atoms with Crippen molar-refractivity contribution >= 4 is 70.5 Å². The largest absolute Gasteiger partial charge is 0.743 e. The van der Waals surface area contributed by atoms with Crippen molar-refractivity contribution in [2.75, 3.05) is 27.3 Å². The number of nitrogens with two attached hydrogens (primary N) is 1. The van der Waals surface area contributed by atoms with Crippen LogP contribution in [-0.4, -0.2) is 97.4 Å². The van der Waals surface area contributed by atoms with E-state index in [1.165, 1.54) is 35.4 Å². The summed E-state index contributed by atoms with van der Waals surface area (Å²) in [5.74, 6) is -5.06. The van der Waals surface area contributed by atoms with E-state index in [1.807, 2.05) is 13.1 Å². The number of nitrogens with one attached hydrogen (secondary N) is 1. The molecule has 0 saturated heterocycles. The zero-order chi connectivity index (χ0) is 56.4. The van der Waals surface area contributed by atoms with Crippen molar-refractivity contribution in [2.45, 2.75) is 91.0 Å². The van der Waals surface area contributed by atoms with Crippen LogP contribution in [-0.2, 0) is 60.5 Å². The van der Waals surface area contributed by atoms with E-state index < -0.39 is 59.3 Å². The minimum absolute atomic E-state index is 0.0146. The first-order valence-electron chi connectivity index (χ1n) is 22.9. The Labute approximate surface area is 446 Å². The third-order valence-electron chi connectivity index (χ3n) is 10.3. The lowest BCUT2D eigenvalue weighted by molar-refractivity contribution is -0.154. The Morgan fingerprint density at radius 1 is 0.520 bits per heavy atom. The van der Waals surface area contributed by atoms with Crippen molar-refractivity contribution in [1.29, 1.82) is 0 Å². The van der Waals surface area contributed by atoms with E-state index in [0.717, 1.165) is 13.0 Å². The van der Waals surface area contributed by atoms with Crippen molar-refractivity contribution in [3.63, 3.8) is 0 Å². The van der Waals surface area contributed by atoms with Gasteiger partial charge >= 0.3 is 22.4 Å². The molecule has 408 valence electrons. The summed E-state index contributed by atoms with van der Waals surface area (Å²) in [6, 6.07) is 66.1. The molecule has 0 saturated carbocycles. The van der Waals surface area contributed by atoms with E-state index in [9.17, 15) is 53.1 Å². The predicted octanol–water partition coefficient (Wildman–Crippen LogP) is 10.4. The zero-order valence-corrected chi connectivity index (χ0v) is 47.6. The van der Waals surface area contributed by atoms with Gasteiger partial charge in [-0.3, -0.25) is 4.79 Å². The zero-order valence-electron chi connectivity index (χ0n) is 42.3. The number of benzene rings is 6. The van der Waals surface area contributed by atoms with Crippen LogP contribution in [0.5, 0.6) is 0 Å². The fourth-order valence-electron chi connectivity index (χ4n) is 5.93. The number of carboxylic acids is 1. The summed E-state index contributed by atoms with van der Waals surface area (Å²) in [5, 5.41) is -0.986. The number of carbonyl (C=O) groups excluding carboxylic acids is 1. The Morgan fingerprint density at radius 3 is 0.947 bits per heavy atom. The Morgan fingerprint density at radius 2 is 0.760 bits per heavy atom. The molecule has 0 aliphatic heterocycles. The first kappa shape index (κ1) is 65.9. The van der Waals surface area contributed by atoms with Gasteiger partial charge in [0.1, 0.15) is 0 Å². The summed E-state index contributed by atoms with van der Waals surface area (Å²) >= 11 is 0. The molecule has 0 fully saturated rings. The molecule has 1 amide bonds. The third kappa shape index (κ3) is 22.9. The summed E-state index contributed by atoms with van der Waals surface area (Å²) in [6.45, 7) is 8.89. The maximum atomic E-state index is 12.7. The third-order valence-corrected chi connectivity index (χ3v) is 21.7. The molecule has 0 atom stereocenters. The molecule has 13 nitrogen and oxygen atoms in total. The summed E-state index contributed by atoms with van der Waals surface area (Å²) in [5.41, 5.74) is 5.36. The Bertz CT molecular complexity index is 2500. The molecule has 0 aliphatic carbocycles. The molecule has 0 aromatic heterocycles. The predicted molar refractivity (Wildman–Crippen MR) is 290 cm³/mol. The summed E-state index contributed by atoms with van der Waals surface area (Å²) < 4.78 is 118. The van der Waals surface area contributed by atoms with Gasteiger partial charge in [-0.25, -0.2) is 21.6 Å². The number of hydrogen-bond donors (Lipinski definition) is 3. The van der Waals surface area contributed by atoms with Crippen molar-refractivity contribution in [3.05, 3.63) is 182 Å². The summed E-state index contributed by atoms with van der Waals surface area (Å²) in [6.07, 6.45) is 1.47. The monoisotopic (exact) mass is 1150 g/mol. The maximum Gasteiger partial charge on any atom is 0.428 e. The second kappa shape index (κ2) is 31.8. The van der Waals surface area contributed by atoms with Crippen molar-refractivity contribution in [1.82, 2.24) is 5.32 Å². The van der Waals surface area contributed by atoms with Crippen LogP contribution in [0.15, 0.2) is 211 Å². The SMILES string of the molecule is CO[Si](C)(C)CCCN.CO[Si](C)(C)CCCNC(=O)C(F)(F)S(=O)(=O)[O-].O=C(O)C(F)(F)S(=O)(=O)[O-].c1ccc([S+](c2ccccc2)c2ccccc2)cc1.c1ccc([S+](c2ccccc2)c2ccccc2)cc1. The number of halogens is 4. The van der Waals surface area contributed by atoms with Gasteiger partial charge in [-0.15, -0.1) is 0 Å². The molecule has 0 spiro atoms. The van der Waals surface area contributed by atoms with E-state index in [2.05, 4.69) is 195 Å². The molecular formula is C52H64F4N2O11S4Si2. The van der Waals surface area contributed by atoms with Gasteiger partial charge in [0.2, 0.25) is 0 Å². The lowest BCUT2D eigenvalue weighted by Crippen LogP contribution is -2.46. The smallest absolute Gasteiger partial charge is 0.428 e. The van der Waals surface area contributed by atoms with Crippen LogP contribution < -0.4 is 11.1 Å². The van der Waals surface area contributed by atoms with Gasteiger partial charge in [0.15, 0.2) is 66.2 Å². The minimum atomic E-state index is -6.08. The van der Waals surface area contributed by atoms with Gasteiger partial charge in [-0.2, -0.15) is 17.6 Å². The van der Waals surface area contributed by atoms with Crippen LogP contribution in [0.25, 0.3) is 0 Å². The molecule has 0 bridgehead atoms. The standard InChI is InChI=1S/2C18H15S.C8H17F2NO5SSi.C6H17NOSi.C2H2F2O5S/c2*1-4-10-16(11-5-1)19(17-12-6-2-7-13-17)18-14-8-3-9-15-18;1-16-18(2,3)6-4-5-11-7(12)8(9,10)17(13,14)15;1-8-9(2,3)6-4-5-7;3-2(4,1(5)6)10(7,8)9/h2*1-15H;4-6H2,1-3H3,(H,11,12)(H,13,14,15);4-7H2,1-3H3;(H,5,6)(H,7,8,9)/q2*+1;;;/p-2. The lowest BCUT2D eigenvalue weighted by atomic mass is 10.4. The number of hydrogen-bond acceptors (Lipinski definition) is 11. The van der Waals surface area contributed by atoms with E-state index in [4.69, 9.17) is 19.7 Å². The molecule has 0 unspecified atom stereocenters. The van der Waals surface area contributed by atoms with Gasteiger partial charge in [-0.1, -0.05) is 109 Å². The van der Waals surface area contributed by atoms with Gasteiger partial charge in [-0.05, 0) is 130 Å². The highest BCUT2D eigenvalue weighted by Gasteiger charge is 2.47. The Kier molecular flexibility index (Phi) is 27.9. The van der Waals surface area contributed by atoms with Crippen molar-refractivity contribution in [2.24, 2.45) is 5.73 Å². The Balaban J connectivity index is 0.000000331. The molecule has 0 radical (unpaired) electrons. The molecule has 4 N–H and O–H groups in total. The second-order valence-corrected chi connectivity index (χ2v) is 32.7. The maximum absolute atomic E-state index is 12.7. The van der Waals surface area contributed by atoms with Crippen LogP contribution in [0, 0.1) is 0 Å². The number of rotatable bonds is 19. The van der Waals surface area contributed by atoms with E-state index in [-0.39, 0.29) is 28.3 Å². The molecule has 6 aromatic rings. The second-order valence-electron chi connectivity index (χ2n) is 16.9. The first-order chi connectivity index (χ1) is 35.2. The first-order valence-corrected chi connectivity index (χ1v) is 34.4. The van der Waals surface area contributed by atoms with Crippen LogP contribution in [0.4, 0.5) is 17.6 Å². The number of aliphatic carboxylic acids is 1. The average molecular weight is 1150 g/mol. The van der Waals surface area contributed by atoms with E-state index >= 15 is 0 Å². The van der Waals surface area contributed by atoms with Gasteiger partial charge in [0.25, 0.3) is 0 Å². The van der Waals surface area contributed by atoms with Gasteiger partial charge in [0.05, 0.1) is 21.8 Å². The molecule has 6 rings (SSSR count). The van der Waals surface area contributed by atoms with E-state index in [1.54, 1.807) is 19.5 Å². The number of carboxylic acid groups (broad SMARTS) is 1. The van der Waals surface area contributed by atoms with Crippen molar-refractivity contribution in [3.8, 4) is 0 Å². The fourth-order valence-corrected chi connectivity index (χ4v) is 13.1. The van der Waals surface area contributed by atoms with E-state index in [0.29, 0.717) is 12.5 Å². The quantitative estimate of drug-likeness (QED) is 0.0226. The minimum Gasteiger partial charge on any atom is -0.743 e. The number of carbonyl (C=O) groups is 2. The molecular weight excluding hydrogens is 1090 g/mol. The van der Waals surface area contributed by atoms with Crippen LogP contribution >= 0.6 is 0 Å². The number of alkyl halides is 4. The summed E-state index contributed by atoms with van der Waals surface area (Å²) in [7, 11) is -11.9. The highest BCUT2D eigenvalue weighted by Crippen LogP contribution is 2.32. The lowest BCUT2D eigenvalue weighted by Gasteiger charge is -2.21.